The van der Waals surface area contributed by atoms with Gasteiger partial charge in [0, 0.05) is 16.1 Å². The fourth-order valence-electron chi connectivity index (χ4n) is 3.11. The van der Waals surface area contributed by atoms with Crippen LogP contribution >= 0.6 is 15.9 Å². The molecular formula is C16H23BrFN. The minimum atomic E-state index is -0.101. The van der Waals surface area contributed by atoms with Crippen LogP contribution in [0.15, 0.2) is 22.7 Å². The van der Waals surface area contributed by atoms with Gasteiger partial charge in [-0.2, -0.15) is 0 Å². The maximum atomic E-state index is 14.1. The highest BCUT2D eigenvalue weighted by Crippen LogP contribution is 2.33. The molecule has 1 unspecified atom stereocenters. The SMILES string of the molecule is CCNC(CC1CCCCC1)c1ccc(Br)cc1F. The van der Waals surface area contributed by atoms with Crippen molar-refractivity contribution in [1.82, 2.24) is 5.32 Å². The Morgan fingerprint density at radius 1 is 1.32 bits per heavy atom. The summed E-state index contributed by atoms with van der Waals surface area (Å²) in [5.74, 6) is 0.650. The van der Waals surface area contributed by atoms with Crippen LogP contribution in [0.1, 0.15) is 57.1 Å². The second-order valence-electron chi connectivity index (χ2n) is 5.52. The van der Waals surface area contributed by atoms with Gasteiger partial charge in [0.25, 0.3) is 0 Å². The van der Waals surface area contributed by atoms with Gasteiger partial charge in [0.2, 0.25) is 0 Å². The first kappa shape index (κ1) is 15.0. The minimum Gasteiger partial charge on any atom is -0.310 e. The highest BCUT2D eigenvalue weighted by molar-refractivity contribution is 9.10. The summed E-state index contributed by atoms with van der Waals surface area (Å²) in [5.41, 5.74) is 0.815. The van der Waals surface area contributed by atoms with Crippen molar-refractivity contribution >= 4 is 15.9 Å². The first-order valence-electron chi connectivity index (χ1n) is 7.39. The normalized spacial score (nSPS) is 18.5. The molecule has 0 radical (unpaired) electrons. The maximum absolute atomic E-state index is 14.1. The molecule has 106 valence electrons. The smallest absolute Gasteiger partial charge is 0.129 e. The molecule has 0 spiro atoms. The van der Waals surface area contributed by atoms with Gasteiger partial charge in [-0.3, -0.25) is 0 Å². The van der Waals surface area contributed by atoms with Crippen LogP contribution in [0.4, 0.5) is 4.39 Å². The van der Waals surface area contributed by atoms with Crippen LogP contribution in [0.25, 0.3) is 0 Å². The van der Waals surface area contributed by atoms with Crippen molar-refractivity contribution in [3.05, 3.63) is 34.1 Å². The summed E-state index contributed by atoms with van der Waals surface area (Å²) in [7, 11) is 0. The largest absolute Gasteiger partial charge is 0.310 e. The highest BCUT2D eigenvalue weighted by Gasteiger charge is 2.21. The predicted molar refractivity (Wildman–Crippen MR) is 81.7 cm³/mol. The third kappa shape index (κ3) is 4.28. The van der Waals surface area contributed by atoms with Crippen molar-refractivity contribution in [2.45, 2.75) is 51.5 Å². The van der Waals surface area contributed by atoms with Crippen molar-refractivity contribution in [1.29, 1.82) is 0 Å². The van der Waals surface area contributed by atoms with E-state index in [-0.39, 0.29) is 11.9 Å². The van der Waals surface area contributed by atoms with Crippen LogP contribution in [-0.2, 0) is 0 Å². The lowest BCUT2D eigenvalue weighted by atomic mass is 9.83. The van der Waals surface area contributed by atoms with Gasteiger partial charge in [-0.1, -0.05) is 61.0 Å². The lowest BCUT2D eigenvalue weighted by Crippen LogP contribution is -2.25. The van der Waals surface area contributed by atoms with E-state index < -0.39 is 0 Å². The number of hydrogen-bond donors (Lipinski definition) is 1. The Bertz CT molecular complexity index is 402. The minimum absolute atomic E-state index is 0.101. The van der Waals surface area contributed by atoms with Crippen LogP contribution < -0.4 is 5.32 Å². The second-order valence-corrected chi connectivity index (χ2v) is 6.43. The number of nitrogens with one attached hydrogen (secondary N) is 1. The van der Waals surface area contributed by atoms with Crippen molar-refractivity contribution in [2.24, 2.45) is 5.92 Å². The molecule has 0 saturated heterocycles. The van der Waals surface area contributed by atoms with E-state index in [1.165, 1.54) is 32.1 Å². The Morgan fingerprint density at radius 2 is 2.05 bits per heavy atom. The molecular weight excluding hydrogens is 305 g/mol. The summed E-state index contributed by atoms with van der Waals surface area (Å²) < 4.78 is 14.9. The molecule has 1 fully saturated rings. The van der Waals surface area contributed by atoms with Crippen LogP contribution in [0, 0.1) is 11.7 Å². The van der Waals surface area contributed by atoms with E-state index >= 15 is 0 Å². The summed E-state index contributed by atoms with van der Waals surface area (Å²) in [6.07, 6.45) is 7.72. The van der Waals surface area contributed by atoms with E-state index in [0.29, 0.717) is 0 Å². The summed E-state index contributed by atoms with van der Waals surface area (Å²) in [4.78, 5) is 0. The topological polar surface area (TPSA) is 12.0 Å². The number of benzene rings is 1. The van der Waals surface area contributed by atoms with E-state index in [9.17, 15) is 4.39 Å². The molecule has 1 aliphatic carbocycles. The summed E-state index contributed by atoms with van der Waals surface area (Å²) in [5, 5.41) is 3.45. The van der Waals surface area contributed by atoms with E-state index in [4.69, 9.17) is 0 Å². The van der Waals surface area contributed by atoms with Crippen LogP contribution in [0.3, 0.4) is 0 Å². The Morgan fingerprint density at radius 3 is 2.68 bits per heavy atom. The van der Waals surface area contributed by atoms with Crippen molar-refractivity contribution in [2.75, 3.05) is 6.54 Å². The highest BCUT2D eigenvalue weighted by atomic mass is 79.9. The molecule has 0 bridgehead atoms. The molecule has 0 amide bonds. The molecule has 1 aromatic rings. The molecule has 19 heavy (non-hydrogen) atoms. The summed E-state index contributed by atoms with van der Waals surface area (Å²) in [6.45, 7) is 2.97. The van der Waals surface area contributed by atoms with Gasteiger partial charge in [0.05, 0.1) is 0 Å². The molecule has 1 nitrogen and oxygen atoms in total. The fourth-order valence-corrected chi connectivity index (χ4v) is 3.44. The standard InChI is InChI=1S/C16H23BrFN/c1-2-19-16(10-12-6-4-3-5-7-12)14-9-8-13(17)11-15(14)18/h8-9,11-12,16,19H,2-7,10H2,1H3. The van der Waals surface area contributed by atoms with Gasteiger partial charge in [-0.15, -0.1) is 0 Å². The summed E-state index contributed by atoms with van der Waals surface area (Å²) in [6, 6.07) is 5.57. The van der Waals surface area contributed by atoms with Crippen molar-refractivity contribution in [3.63, 3.8) is 0 Å². The zero-order valence-corrected chi connectivity index (χ0v) is 13.2. The molecule has 1 aliphatic rings. The van der Waals surface area contributed by atoms with Crippen LogP contribution in [0.2, 0.25) is 0 Å². The van der Waals surface area contributed by atoms with Gasteiger partial charge in [-0.25, -0.2) is 4.39 Å². The maximum Gasteiger partial charge on any atom is 0.129 e. The number of hydrogen-bond acceptors (Lipinski definition) is 1. The van der Waals surface area contributed by atoms with Gasteiger partial charge in [0.1, 0.15) is 5.82 Å². The monoisotopic (exact) mass is 327 g/mol. The molecule has 0 heterocycles. The average Bonchev–Trinajstić information content (AvgIpc) is 2.39. The molecule has 1 aromatic carbocycles. The molecule has 0 aliphatic heterocycles. The molecule has 3 heteroatoms. The van der Waals surface area contributed by atoms with Gasteiger partial charge >= 0.3 is 0 Å². The molecule has 1 N–H and O–H groups in total. The Kier molecular flexibility index (Phi) is 5.83. The van der Waals surface area contributed by atoms with Crippen molar-refractivity contribution in [3.8, 4) is 0 Å². The lowest BCUT2D eigenvalue weighted by Gasteiger charge is -2.27. The van der Waals surface area contributed by atoms with Crippen LogP contribution in [0.5, 0.6) is 0 Å². The third-order valence-corrected chi connectivity index (χ3v) is 4.58. The van der Waals surface area contributed by atoms with E-state index in [1.807, 2.05) is 12.1 Å². The van der Waals surface area contributed by atoms with E-state index in [1.54, 1.807) is 6.07 Å². The Labute approximate surface area is 124 Å². The molecule has 2 rings (SSSR count). The van der Waals surface area contributed by atoms with E-state index in [0.717, 1.165) is 28.9 Å². The Balaban J connectivity index is 2.09. The lowest BCUT2D eigenvalue weighted by molar-refractivity contribution is 0.298. The zero-order valence-electron chi connectivity index (χ0n) is 11.6. The summed E-state index contributed by atoms with van der Waals surface area (Å²) >= 11 is 3.32. The van der Waals surface area contributed by atoms with Gasteiger partial charge in [-0.05, 0) is 31.0 Å². The van der Waals surface area contributed by atoms with Crippen molar-refractivity contribution < 1.29 is 4.39 Å². The first-order valence-corrected chi connectivity index (χ1v) is 8.18. The first-order chi connectivity index (χ1) is 9.20. The third-order valence-electron chi connectivity index (χ3n) is 4.08. The average molecular weight is 328 g/mol. The molecule has 1 atom stereocenters. The quantitative estimate of drug-likeness (QED) is 0.782. The Hall–Kier alpha value is -0.410. The number of halogens is 2. The zero-order chi connectivity index (χ0) is 13.7. The van der Waals surface area contributed by atoms with E-state index in [2.05, 4.69) is 28.2 Å². The predicted octanol–water partition coefficient (Wildman–Crippen LogP) is 5.21. The van der Waals surface area contributed by atoms with Gasteiger partial charge in [0.15, 0.2) is 0 Å². The molecule has 1 saturated carbocycles. The number of rotatable bonds is 5. The van der Waals surface area contributed by atoms with Crippen LogP contribution in [-0.4, -0.2) is 6.54 Å². The fraction of sp³-hybridized carbons (Fsp3) is 0.625. The molecule has 0 aromatic heterocycles. The van der Waals surface area contributed by atoms with Gasteiger partial charge < -0.3 is 5.32 Å². The second kappa shape index (κ2) is 7.39.